The summed E-state index contributed by atoms with van der Waals surface area (Å²) in [5.41, 5.74) is -3.36. The molecule has 42 heavy (non-hydrogen) atoms. The third kappa shape index (κ3) is 6.03. The Morgan fingerprint density at radius 1 is 0.619 bits per heavy atom. The Kier molecular flexibility index (Phi) is 9.05. The summed E-state index contributed by atoms with van der Waals surface area (Å²) < 4.78 is 25.7. The molecule has 2 saturated carbocycles. The highest BCUT2D eigenvalue weighted by atomic mass is 16.6. The van der Waals surface area contributed by atoms with E-state index in [1.165, 1.54) is 13.8 Å². The third-order valence-corrected chi connectivity index (χ3v) is 12.3. The number of carbonyl (C=O) groups is 2. The van der Waals surface area contributed by atoms with Crippen LogP contribution in [-0.2, 0) is 28.5 Å². The smallest absolute Gasteiger partial charge is 0.303 e. The molecule has 2 saturated heterocycles. The Bertz CT molecular complexity index is 945. The van der Waals surface area contributed by atoms with Crippen LogP contribution in [0.3, 0.4) is 0 Å². The van der Waals surface area contributed by atoms with Gasteiger partial charge < -0.3 is 29.2 Å². The quantitative estimate of drug-likeness (QED) is 0.380. The van der Waals surface area contributed by atoms with Gasteiger partial charge in [0.15, 0.2) is 0 Å². The van der Waals surface area contributed by atoms with Crippen LogP contribution in [0.25, 0.3) is 0 Å². The van der Waals surface area contributed by atoms with Crippen molar-refractivity contribution in [1.29, 1.82) is 0 Å². The second kappa shape index (κ2) is 11.3. The number of aliphatic hydroxyl groups excluding tert-OH is 2. The molecule has 2 aliphatic carbocycles. The maximum Gasteiger partial charge on any atom is 0.303 e. The Balaban J connectivity index is 1.74. The van der Waals surface area contributed by atoms with Gasteiger partial charge in [-0.05, 0) is 106 Å². The molecule has 0 aromatic heterocycles. The Labute approximate surface area is 253 Å². The largest absolute Gasteiger partial charge is 0.459 e. The summed E-state index contributed by atoms with van der Waals surface area (Å²) in [7, 11) is 0. The van der Waals surface area contributed by atoms with Gasteiger partial charge in [0.25, 0.3) is 0 Å². The van der Waals surface area contributed by atoms with Crippen molar-refractivity contribution >= 4 is 11.9 Å². The van der Waals surface area contributed by atoms with Crippen LogP contribution in [0.4, 0.5) is 0 Å². The highest BCUT2D eigenvalue weighted by Crippen LogP contribution is 2.60. The van der Waals surface area contributed by atoms with Crippen LogP contribution in [0.15, 0.2) is 0 Å². The van der Waals surface area contributed by atoms with Crippen LogP contribution in [0, 0.1) is 22.7 Å². The van der Waals surface area contributed by atoms with E-state index in [1.54, 1.807) is 0 Å². The molecule has 8 heteroatoms. The molecule has 242 valence electrons. The van der Waals surface area contributed by atoms with Gasteiger partial charge in [-0.15, -0.1) is 0 Å². The van der Waals surface area contributed by atoms with E-state index in [0.29, 0.717) is 25.7 Å². The molecule has 2 aliphatic heterocycles. The number of ether oxygens (including phenoxy) is 4. The van der Waals surface area contributed by atoms with Gasteiger partial charge in [0.2, 0.25) is 0 Å². The van der Waals surface area contributed by atoms with E-state index < -0.39 is 34.6 Å². The number of esters is 2. The number of aliphatic hydroxyl groups is 2. The van der Waals surface area contributed by atoms with Gasteiger partial charge in [-0.25, -0.2) is 0 Å². The minimum absolute atomic E-state index is 0.0342. The summed E-state index contributed by atoms with van der Waals surface area (Å²) in [6, 6.07) is 0. The van der Waals surface area contributed by atoms with Crippen LogP contribution < -0.4 is 0 Å². The first kappa shape index (κ1) is 33.7. The maximum absolute atomic E-state index is 12.5. The van der Waals surface area contributed by atoms with Crippen LogP contribution in [-0.4, -0.2) is 69.0 Å². The zero-order valence-corrected chi connectivity index (χ0v) is 27.9. The zero-order valence-electron chi connectivity index (χ0n) is 27.9. The number of rotatable bonds is 5. The lowest BCUT2D eigenvalue weighted by Crippen LogP contribution is -2.60. The maximum atomic E-state index is 12.5. The van der Waals surface area contributed by atoms with Crippen molar-refractivity contribution in [2.24, 2.45) is 22.7 Å². The first-order chi connectivity index (χ1) is 19.2. The molecule has 0 unspecified atom stereocenters. The van der Waals surface area contributed by atoms with Crippen molar-refractivity contribution < 1.29 is 38.7 Å². The Morgan fingerprint density at radius 3 is 1.26 bits per heavy atom. The van der Waals surface area contributed by atoms with E-state index in [4.69, 9.17) is 18.9 Å². The van der Waals surface area contributed by atoms with Gasteiger partial charge in [0.05, 0.1) is 35.6 Å². The van der Waals surface area contributed by atoms with Gasteiger partial charge in [-0.2, -0.15) is 0 Å². The molecule has 4 fully saturated rings. The van der Waals surface area contributed by atoms with E-state index in [-0.39, 0.29) is 46.8 Å². The van der Waals surface area contributed by atoms with Gasteiger partial charge in [-0.3, -0.25) is 9.59 Å². The van der Waals surface area contributed by atoms with Crippen LogP contribution in [0.1, 0.15) is 133 Å². The van der Waals surface area contributed by atoms with E-state index >= 15 is 0 Å². The second-order valence-corrected chi connectivity index (χ2v) is 16.1. The molecular weight excluding hydrogens is 536 g/mol. The number of hydrogen-bond donors (Lipinski definition) is 2. The molecular formula is C34H58O8. The number of hydrogen-bond acceptors (Lipinski definition) is 8. The lowest BCUT2D eigenvalue weighted by Gasteiger charge is -2.58. The fraction of sp³-hybridized carbons (Fsp3) is 0.941. The SMILES string of the molecule is CC(=O)O[C@]1(C)CC[C@@H]2OC(C)(C)[C@@H](O)CC[C@@]2(C)[C@@H]1CC[C@H]1[C@]2(C)CC[C@H](O)C(C)(C)O[C@H]2CC[C@]1(C)OC(C)=O. The minimum atomic E-state index is -0.690. The lowest BCUT2D eigenvalue weighted by atomic mass is 9.53. The molecule has 10 atom stereocenters. The highest BCUT2D eigenvalue weighted by molar-refractivity contribution is 5.67. The monoisotopic (exact) mass is 594 g/mol. The van der Waals surface area contributed by atoms with Gasteiger partial charge >= 0.3 is 11.9 Å². The lowest BCUT2D eigenvalue weighted by molar-refractivity contribution is -0.229. The van der Waals surface area contributed by atoms with E-state index in [1.807, 2.05) is 27.7 Å². The summed E-state index contributed by atoms with van der Waals surface area (Å²) >= 11 is 0. The van der Waals surface area contributed by atoms with E-state index in [0.717, 1.165) is 38.5 Å². The number of carbonyl (C=O) groups excluding carboxylic acids is 2. The minimum Gasteiger partial charge on any atom is -0.459 e. The standard InChI is InChI=1S/C34H58O8/c1-21(35)39-33(9)19-15-27-31(7,17-13-25(37)29(3,4)41-27)23(33)11-12-24-32(8)18-14-26(38)30(5,6)42-28(32)16-20-34(24,10)40-22(2)36/h23-28,37-38H,11-20H2,1-10H3/t23-,24-,25-,26-,27-,28-,31-,32-,33-,34+/m0/s1. The van der Waals surface area contributed by atoms with Crippen LogP contribution >= 0.6 is 0 Å². The molecule has 0 spiro atoms. The number of fused-ring (bicyclic) bond motifs is 2. The van der Waals surface area contributed by atoms with Crippen LogP contribution in [0.2, 0.25) is 0 Å². The molecule has 0 bridgehead atoms. The fourth-order valence-corrected chi connectivity index (χ4v) is 9.73. The molecule has 4 aliphatic rings. The molecule has 0 aromatic rings. The third-order valence-electron chi connectivity index (χ3n) is 12.3. The first-order valence-corrected chi connectivity index (χ1v) is 16.3. The van der Waals surface area contributed by atoms with Gasteiger partial charge in [-0.1, -0.05) is 13.8 Å². The van der Waals surface area contributed by atoms with Gasteiger partial charge in [0, 0.05) is 36.5 Å². The second-order valence-electron chi connectivity index (χ2n) is 16.1. The highest BCUT2D eigenvalue weighted by Gasteiger charge is 2.61. The van der Waals surface area contributed by atoms with Crippen molar-refractivity contribution in [3.05, 3.63) is 0 Å². The van der Waals surface area contributed by atoms with Crippen molar-refractivity contribution in [3.8, 4) is 0 Å². The van der Waals surface area contributed by atoms with E-state index in [2.05, 4.69) is 27.7 Å². The summed E-state index contributed by atoms with van der Waals surface area (Å²) in [6.45, 7) is 19.5. The predicted molar refractivity (Wildman–Crippen MR) is 160 cm³/mol. The summed E-state index contributed by atoms with van der Waals surface area (Å²) in [5, 5.41) is 22.0. The summed E-state index contributed by atoms with van der Waals surface area (Å²) in [4.78, 5) is 24.9. The topological polar surface area (TPSA) is 112 Å². The normalized spacial score (nSPS) is 46.8. The average molecular weight is 595 g/mol. The molecule has 8 nitrogen and oxygen atoms in total. The average Bonchev–Trinajstić information content (AvgIpc) is 3.00. The van der Waals surface area contributed by atoms with Gasteiger partial charge in [0.1, 0.15) is 11.2 Å². The van der Waals surface area contributed by atoms with E-state index in [9.17, 15) is 19.8 Å². The predicted octanol–water partition coefficient (Wildman–Crippen LogP) is 5.88. The van der Waals surface area contributed by atoms with Crippen molar-refractivity contribution in [2.75, 3.05) is 0 Å². The van der Waals surface area contributed by atoms with Crippen molar-refractivity contribution in [3.63, 3.8) is 0 Å². The van der Waals surface area contributed by atoms with Crippen LogP contribution in [0.5, 0.6) is 0 Å². The molecule has 0 radical (unpaired) electrons. The molecule has 4 rings (SSSR count). The molecule has 0 aromatic carbocycles. The van der Waals surface area contributed by atoms with Crippen molar-refractivity contribution in [2.45, 2.75) is 180 Å². The molecule has 2 heterocycles. The molecule has 2 N–H and O–H groups in total. The summed E-state index contributed by atoms with van der Waals surface area (Å²) in [5.74, 6) is -0.648. The first-order valence-electron chi connectivity index (χ1n) is 16.3. The Morgan fingerprint density at radius 2 is 0.952 bits per heavy atom. The fourth-order valence-electron chi connectivity index (χ4n) is 9.73. The molecule has 0 amide bonds. The zero-order chi connectivity index (χ0) is 31.5. The Hall–Kier alpha value is -1.22. The summed E-state index contributed by atoms with van der Waals surface area (Å²) in [6.07, 6.45) is 5.78. The van der Waals surface area contributed by atoms with Crippen molar-refractivity contribution in [1.82, 2.24) is 0 Å².